The number of hydrogen-bond donors (Lipinski definition) is 1. The maximum absolute atomic E-state index is 11.5. The number of rotatable bonds is 8. The van der Waals surface area contributed by atoms with Crippen molar-refractivity contribution >= 4 is 16.9 Å². The van der Waals surface area contributed by atoms with Gasteiger partial charge in [0.1, 0.15) is 18.2 Å². The van der Waals surface area contributed by atoms with Crippen LogP contribution >= 0.6 is 0 Å². The predicted molar refractivity (Wildman–Crippen MR) is 108 cm³/mol. The molecule has 142 valence electrons. The number of fused-ring (bicyclic) bond motifs is 1. The van der Waals surface area contributed by atoms with Crippen molar-refractivity contribution in [2.75, 3.05) is 13.2 Å². The summed E-state index contributed by atoms with van der Waals surface area (Å²) in [5.74, 6) is 1.99. The molecule has 0 aliphatic carbocycles. The third kappa shape index (κ3) is 4.48. The summed E-state index contributed by atoms with van der Waals surface area (Å²) in [5, 5.41) is 2.93. The van der Waals surface area contributed by atoms with Crippen molar-refractivity contribution in [1.82, 2.24) is 14.9 Å². The van der Waals surface area contributed by atoms with E-state index in [9.17, 15) is 4.79 Å². The van der Waals surface area contributed by atoms with E-state index in [0.717, 1.165) is 33.7 Å². The van der Waals surface area contributed by atoms with Gasteiger partial charge in [0.15, 0.2) is 0 Å². The van der Waals surface area contributed by atoms with E-state index >= 15 is 0 Å². The summed E-state index contributed by atoms with van der Waals surface area (Å²) in [6, 6.07) is 14.3. The molecule has 5 heteroatoms. The maximum atomic E-state index is 11.5. The summed E-state index contributed by atoms with van der Waals surface area (Å²) < 4.78 is 8.28. The average molecular weight is 365 g/mol. The Morgan fingerprint density at radius 2 is 1.85 bits per heavy atom. The van der Waals surface area contributed by atoms with Crippen molar-refractivity contribution in [2.45, 2.75) is 40.2 Å². The zero-order valence-electron chi connectivity index (χ0n) is 16.3. The molecule has 27 heavy (non-hydrogen) atoms. The Bertz CT molecular complexity index is 910. The van der Waals surface area contributed by atoms with Crippen LogP contribution in [-0.4, -0.2) is 28.6 Å². The molecule has 1 aromatic heterocycles. The van der Waals surface area contributed by atoms with Crippen LogP contribution in [0, 0.1) is 13.8 Å². The number of carbonyl (C=O) groups excluding carboxylic acids is 1. The minimum atomic E-state index is 0.0658. The Morgan fingerprint density at radius 3 is 2.59 bits per heavy atom. The number of imidazole rings is 1. The second-order valence-corrected chi connectivity index (χ2v) is 6.69. The minimum Gasteiger partial charge on any atom is -0.491 e. The molecule has 0 bridgehead atoms. The standard InChI is InChI=1S/C22H27N3O2/c1-4-21(26)23-13-12-20-24-18-10-5-6-11-19(18)25(20)14-15-27-22-16(2)8-7-9-17(22)3/h5-11H,4,12-15H2,1-3H3,(H,23,26). The summed E-state index contributed by atoms with van der Waals surface area (Å²) >= 11 is 0. The van der Waals surface area contributed by atoms with Crippen LogP contribution in [0.25, 0.3) is 11.0 Å². The lowest BCUT2D eigenvalue weighted by molar-refractivity contribution is -0.120. The lowest BCUT2D eigenvalue weighted by atomic mass is 10.1. The van der Waals surface area contributed by atoms with Crippen molar-refractivity contribution < 1.29 is 9.53 Å². The fourth-order valence-corrected chi connectivity index (χ4v) is 3.27. The third-order valence-electron chi connectivity index (χ3n) is 4.70. The number of amides is 1. The SMILES string of the molecule is CCC(=O)NCCc1nc2ccccc2n1CCOc1c(C)cccc1C. The van der Waals surface area contributed by atoms with Crippen LogP contribution in [0.1, 0.15) is 30.3 Å². The summed E-state index contributed by atoms with van der Waals surface area (Å²) in [5.41, 5.74) is 4.36. The van der Waals surface area contributed by atoms with Crippen LogP contribution in [0.2, 0.25) is 0 Å². The van der Waals surface area contributed by atoms with Crippen molar-refractivity contribution in [3.63, 3.8) is 0 Å². The predicted octanol–water partition coefficient (Wildman–Crippen LogP) is 3.80. The Morgan fingerprint density at radius 1 is 1.11 bits per heavy atom. The number of ether oxygens (including phenoxy) is 1. The van der Waals surface area contributed by atoms with E-state index < -0.39 is 0 Å². The van der Waals surface area contributed by atoms with Crippen LogP contribution in [-0.2, 0) is 17.8 Å². The van der Waals surface area contributed by atoms with E-state index in [2.05, 4.69) is 41.9 Å². The normalized spacial score (nSPS) is 10.9. The molecule has 1 amide bonds. The van der Waals surface area contributed by atoms with Crippen molar-refractivity contribution in [3.05, 3.63) is 59.4 Å². The largest absolute Gasteiger partial charge is 0.491 e. The quantitative estimate of drug-likeness (QED) is 0.661. The van der Waals surface area contributed by atoms with Crippen LogP contribution < -0.4 is 10.1 Å². The molecule has 1 heterocycles. The number of aryl methyl sites for hydroxylation is 2. The molecule has 0 unspecified atom stereocenters. The van der Waals surface area contributed by atoms with Gasteiger partial charge in [-0.2, -0.15) is 0 Å². The summed E-state index contributed by atoms with van der Waals surface area (Å²) in [4.78, 5) is 16.2. The van der Waals surface area contributed by atoms with E-state index in [4.69, 9.17) is 9.72 Å². The van der Waals surface area contributed by atoms with Crippen LogP contribution in [0.15, 0.2) is 42.5 Å². The van der Waals surface area contributed by atoms with Gasteiger partial charge in [-0.1, -0.05) is 37.3 Å². The summed E-state index contributed by atoms with van der Waals surface area (Å²) in [6.07, 6.45) is 1.20. The first-order chi connectivity index (χ1) is 13.1. The number of nitrogens with zero attached hydrogens (tertiary/aromatic N) is 2. The molecule has 1 N–H and O–H groups in total. The first kappa shape index (κ1) is 19.0. The zero-order chi connectivity index (χ0) is 19.2. The number of hydrogen-bond acceptors (Lipinski definition) is 3. The van der Waals surface area contributed by atoms with Gasteiger partial charge in [0.25, 0.3) is 0 Å². The average Bonchev–Trinajstić information content (AvgIpc) is 3.01. The van der Waals surface area contributed by atoms with E-state index in [1.807, 2.05) is 31.2 Å². The van der Waals surface area contributed by atoms with Gasteiger partial charge in [0.2, 0.25) is 5.91 Å². The summed E-state index contributed by atoms with van der Waals surface area (Å²) in [6.45, 7) is 7.86. The second-order valence-electron chi connectivity index (χ2n) is 6.69. The molecule has 0 aliphatic rings. The van der Waals surface area contributed by atoms with Gasteiger partial charge in [0, 0.05) is 19.4 Å². The number of aromatic nitrogens is 2. The molecule has 0 fully saturated rings. The van der Waals surface area contributed by atoms with Gasteiger partial charge in [-0.05, 0) is 37.1 Å². The molecular weight excluding hydrogens is 338 g/mol. The highest BCUT2D eigenvalue weighted by Gasteiger charge is 2.11. The molecule has 0 atom stereocenters. The van der Waals surface area contributed by atoms with Crippen molar-refractivity contribution in [2.24, 2.45) is 0 Å². The van der Waals surface area contributed by atoms with Crippen molar-refractivity contribution in [3.8, 4) is 5.75 Å². The highest BCUT2D eigenvalue weighted by atomic mass is 16.5. The molecule has 0 saturated carbocycles. The van der Waals surface area contributed by atoms with Crippen LogP contribution in [0.5, 0.6) is 5.75 Å². The second kappa shape index (κ2) is 8.71. The van der Waals surface area contributed by atoms with Gasteiger partial charge in [-0.15, -0.1) is 0 Å². The van der Waals surface area contributed by atoms with Gasteiger partial charge in [-0.3, -0.25) is 4.79 Å². The zero-order valence-corrected chi connectivity index (χ0v) is 16.3. The van der Waals surface area contributed by atoms with Crippen molar-refractivity contribution in [1.29, 1.82) is 0 Å². The van der Waals surface area contributed by atoms with Gasteiger partial charge in [-0.25, -0.2) is 4.98 Å². The van der Waals surface area contributed by atoms with Gasteiger partial charge in [0.05, 0.1) is 17.6 Å². The third-order valence-corrected chi connectivity index (χ3v) is 4.70. The molecular formula is C22H27N3O2. The smallest absolute Gasteiger partial charge is 0.219 e. The lowest BCUT2D eigenvalue weighted by Gasteiger charge is -2.14. The molecule has 0 aliphatic heterocycles. The molecule has 0 spiro atoms. The van der Waals surface area contributed by atoms with E-state index in [1.165, 1.54) is 0 Å². The fraction of sp³-hybridized carbons (Fsp3) is 0.364. The van der Waals surface area contributed by atoms with Gasteiger partial charge >= 0.3 is 0 Å². The number of carbonyl (C=O) groups is 1. The highest BCUT2D eigenvalue weighted by Crippen LogP contribution is 2.23. The van der Waals surface area contributed by atoms with Crippen LogP contribution in [0.4, 0.5) is 0 Å². The topological polar surface area (TPSA) is 56.2 Å². The molecule has 5 nitrogen and oxygen atoms in total. The number of para-hydroxylation sites is 3. The maximum Gasteiger partial charge on any atom is 0.219 e. The first-order valence-corrected chi connectivity index (χ1v) is 9.50. The van der Waals surface area contributed by atoms with E-state index in [1.54, 1.807) is 0 Å². The molecule has 3 rings (SSSR count). The Balaban J connectivity index is 1.74. The number of benzene rings is 2. The Hall–Kier alpha value is -2.82. The Labute approximate surface area is 160 Å². The molecule has 2 aromatic carbocycles. The van der Waals surface area contributed by atoms with Gasteiger partial charge < -0.3 is 14.6 Å². The molecule has 3 aromatic rings. The minimum absolute atomic E-state index is 0.0658. The van der Waals surface area contributed by atoms with E-state index in [-0.39, 0.29) is 5.91 Å². The Kier molecular flexibility index (Phi) is 6.12. The number of nitrogens with one attached hydrogen (secondary N) is 1. The monoisotopic (exact) mass is 365 g/mol. The molecule has 0 radical (unpaired) electrons. The molecule has 0 saturated heterocycles. The first-order valence-electron chi connectivity index (χ1n) is 9.50. The highest BCUT2D eigenvalue weighted by molar-refractivity contribution is 5.76. The summed E-state index contributed by atoms with van der Waals surface area (Å²) in [7, 11) is 0. The lowest BCUT2D eigenvalue weighted by Crippen LogP contribution is -2.25. The fourth-order valence-electron chi connectivity index (χ4n) is 3.27. The van der Waals surface area contributed by atoms with Crippen LogP contribution in [0.3, 0.4) is 0 Å². The van der Waals surface area contributed by atoms with E-state index in [0.29, 0.717) is 32.5 Å².